The lowest BCUT2D eigenvalue weighted by Gasteiger charge is -2.23. The summed E-state index contributed by atoms with van der Waals surface area (Å²) in [7, 11) is 0. The Morgan fingerprint density at radius 1 is 0.793 bits per heavy atom. The van der Waals surface area contributed by atoms with E-state index in [1.165, 1.54) is 11.1 Å². The van der Waals surface area contributed by atoms with Crippen molar-refractivity contribution >= 4 is 17.5 Å². The topological polar surface area (TPSA) is 29.1 Å². The molecule has 0 fully saturated rings. The van der Waals surface area contributed by atoms with Gasteiger partial charge in [0, 0.05) is 17.5 Å². The predicted octanol–water partition coefficient (Wildman–Crippen LogP) is 6.42. The van der Waals surface area contributed by atoms with E-state index in [2.05, 4.69) is 67.7 Å². The van der Waals surface area contributed by atoms with Crippen molar-refractivity contribution in [1.29, 1.82) is 0 Å². The van der Waals surface area contributed by atoms with E-state index in [-0.39, 0.29) is 23.7 Å². The summed E-state index contributed by atoms with van der Waals surface area (Å²) >= 11 is 6.01. The standard InChI is InChI=1S/C26H28ClNO/c1-19(2)25(22-13-15-23(27)16-14-22)26(29)28-18-17-24(20-9-5-3-6-10-20)21-11-7-4-8-12-21/h3-16,19,24-25H,17-18H2,1-2H3,(H,28,29)/t25-/m1/s1. The normalized spacial score (nSPS) is 12.2. The SMILES string of the molecule is CC(C)[C@@H](C(=O)NCCC(c1ccccc1)c1ccccc1)c1ccc(Cl)cc1. The summed E-state index contributed by atoms with van der Waals surface area (Å²) in [6.45, 7) is 4.79. The predicted molar refractivity (Wildman–Crippen MR) is 121 cm³/mol. The Hall–Kier alpha value is -2.58. The smallest absolute Gasteiger partial charge is 0.227 e. The average molecular weight is 406 g/mol. The molecule has 1 atom stereocenters. The fraction of sp³-hybridized carbons (Fsp3) is 0.269. The van der Waals surface area contributed by atoms with Gasteiger partial charge in [0.15, 0.2) is 0 Å². The van der Waals surface area contributed by atoms with Gasteiger partial charge in [0.25, 0.3) is 0 Å². The molecule has 0 heterocycles. The molecule has 0 saturated carbocycles. The summed E-state index contributed by atoms with van der Waals surface area (Å²) in [5, 5.41) is 3.86. The molecule has 0 unspecified atom stereocenters. The maximum absolute atomic E-state index is 13.0. The minimum atomic E-state index is -0.181. The molecule has 0 aliphatic heterocycles. The number of nitrogens with one attached hydrogen (secondary N) is 1. The first-order chi connectivity index (χ1) is 14.1. The molecule has 150 valence electrons. The van der Waals surface area contributed by atoms with Crippen LogP contribution < -0.4 is 5.32 Å². The van der Waals surface area contributed by atoms with E-state index < -0.39 is 0 Å². The second-order valence-corrected chi connectivity index (χ2v) is 8.16. The number of hydrogen-bond acceptors (Lipinski definition) is 1. The van der Waals surface area contributed by atoms with Crippen LogP contribution in [0.3, 0.4) is 0 Å². The van der Waals surface area contributed by atoms with Crippen LogP contribution in [-0.2, 0) is 4.79 Å². The van der Waals surface area contributed by atoms with E-state index in [0.29, 0.717) is 11.6 Å². The Kier molecular flexibility index (Phi) is 7.48. The Balaban J connectivity index is 1.69. The van der Waals surface area contributed by atoms with Gasteiger partial charge >= 0.3 is 0 Å². The van der Waals surface area contributed by atoms with Crippen molar-refractivity contribution in [3.05, 3.63) is 107 Å². The molecule has 0 radical (unpaired) electrons. The summed E-state index contributed by atoms with van der Waals surface area (Å²) in [5.74, 6) is 0.349. The third-order valence-electron chi connectivity index (χ3n) is 5.31. The first kappa shape index (κ1) is 21.1. The lowest BCUT2D eigenvalue weighted by molar-refractivity contribution is -0.123. The van der Waals surface area contributed by atoms with E-state index in [0.717, 1.165) is 12.0 Å². The van der Waals surface area contributed by atoms with Gasteiger partial charge in [-0.25, -0.2) is 0 Å². The molecule has 0 aromatic heterocycles. The molecule has 1 N–H and O–H groups in total. The van der Waals surface area contributed by atoms with Gasteiger partial charge in [-0.3, -0.25) is 4.79 Å². The molecule has 0 aliphatic rings. The number of benzene rings is 3. The largest absolute Gasteiger partial charge is 0.356 e. The van der Waals surface area contributed by atoms with Crippen LogP contribution in [0, 0.1) is 5.92 Å². The highest BCUT2D eigenvalue weighted by molar-refractivity contribution is 6.30. The van der Waals surface area contributed by atoms with Gasteiger partial charge in [-0.05, 0) is 41.2 Å². The molecule has 3 aromatic rings. The van der Waals surface area contributed by atoms with E-state index in [4.69, 9.17) is 11.6 Å². The van der Waals surface area contributed by atoms with Crippen molar-refractivity contribution in [2.45, 2.75) is 32.1 Å². The number of hydrogen-bond donors (Lipinski definition) is 1. The molecular weight excluding hydrogens is 378 g/mol. The summed E-state index contributed by atoms with van der Waals surface area (Å²) in [4.78, 5) is 13.0. The summed E-state index contributed by atoms with van der Waals surface area (Å²) in [5.41, 5.74) is 3.54. The van der Waals surface area contributed by atoms with E-state index in [1.54, 1.807) is 0 Å². The highest BCUT2D eigenvalue weighted by atomic mass is 35.5. The zero-order chi connectivity index (χ0) is 20.6. The van der Waals surface area contributed by atoms with Crippen LogP contribution in [0.1, 0.15) is 48.8 Å². The summed E-state index contributed by atoms with van der Waals surface area (Å²) in [6, 6.07) is 28.6. The number of carbonyl (C=O) groups excluding carboxylic acids is 1. The molecule has 0 bridgehead atoms. The van der Waals surface area contributed by atoms with Crippen LogP contribution in [0.4, 0.5) is 0 Å². The molecule has 3 aromatic carbocycles. The number of rotatable bonds is 8. The highest BCUT2D eigenvalue weighted by Gasteiger charge is 2.24. The van der Waals surface area contributed by atoms with Crippen LogP contribution in [0.5, 0.6) is 0 Å². The maximum atomic E-state index is 13.0. The molecule has 3 heteroatoms. The van der Waals surface area contributed by atoms with Crippen LogP contribution >= 0.6 is 11.6 Å². The monoisotopic (exact) mass is 405 g/mol. The van der Waals surface area contributed by atoms with Crippen LogP contribution in [-0.4, -0.2) is 12.5 Å². The highest BCUT2D eigenvalue weighted by Crippen LogP contribution is 2.29. The molecule has 2 nitrogen and oxygen atoms in total. The molecule has 0 spiro atoms. The van der Waals surface area contributed by atoms with Crippen molar-refractivity contribution < 1.29 is 4.79 Å². The number of carbonyl (C=O) groups is 1. The summed E-state index contributed by atoms with van der Waals surface area (Å²) in [6.07, 6.45) is 0.852. The molecule has 29 heavy (non-hydrogen) atoms. The minimum Gasteiger partial charge on any atom is -0.356 e. The fourth-order valence-electron chi connectivity index (χ4n) is 3.86. The lowest BCUT2D eigenvalue weighted by atomic mass is 9.87. The third kappa shape index (κ3) is 5.71. The molecule has 3 rings (SSSR count). The molecule has 0 aliphatic carbocycles. The quantitative estimate of drug-likeness (QED) is 0.460. The molecular formula is C26H28ClNO. The maximum Gasteiger partial charge on any atom is 0.227 e. The van der Waals surface area contributed by atoms with Gasteiger partial charge in [0.05, 0.1) is 5.92 Å². The number of amides is 1. The lowest BCUT2D eigenvalue weighted by Crippen LogP contribution is -2.33. The van der Waals surface area contributed by atoms with Crippen LogP contribution in [0.25, 0.3) is 0 Å². The van der Waals surface area contributed by atoms with Crippen molar-refractivity contribution in [3.63, 3.8) is 0 Å². The van der Waals surface area contributed by atoms with Gasteiger partial charge in [0.2, 0.25) is 5.91 Å². The Bertz CT molecular complexity index is 852. The summed E-state index contributed by atoms with van der Waals surface area (Å²) < 4.78 is 0. The van der Waals surface area contributed by atoms with Gasteiger partial charge in [-0.15, -0.1) is 0 Å². The minimum absolute atomic E-state index is 0.0715. The first-order valence-corrected chi connectivity index (χ1v) is 10.6. The second-order valence-electron chi connectivity index (χ2n) is 7.73. The third-order valence-corrected chi connectivity index (χ3v) is 5.57. The Morgan fingerprint density at radius 3 is 1.79 bits per heavy atom. The average Bonchev–Trinajstić information content (AvgIpc) is 2.74. The van der Waals surface area contributed by atoms with E-state index >= 15 is 0 Å². The van der Waals surface area contributed by atoms with E-state index in [1.807, 2.05) is 36.4 Å². The molecule has 1 amide bonds. The number of halogens is 1. The fourth-order valence-corrected chi connectivity index (χ4v) is 3.98. The van der Waals surface area contributed by atoms with Gasteiger partial charge in [-0.1, -0.05) is 98.2 Å². The van der Waals surface area contributed by atoms with Gasteiger partial charge in [0.1, 0.15) is 0 Å². The molecule has 0 saturated heterocycles. The van der Waals surface area contributed by atoms with Crippen molar-refractivity contribution in [3.8, 4) is 0 Å². The zero-order valence-electron chi connectivity index (χ0n) is 17.0. The zero-order valence-corrected chi connectivity index (χ0v) is 17.8. The first-order valence-electron chi connectivity index (χ1n) is 10.2. The second kappa shape index (κ2) is 10.3. The van der Waals surface area contributed by atoms with Crippen LogP contribution in [0.2, 0.25) is 5.02 Å². The van der Waals surface area contributed by atoms with Gasteiger partial charge in [-0.2, -0.15) is 0 Å². The Labute approximate surface area is 178 Å². The van der Waals surface area contributed by atoms with Crippen LogP contribution in [0.15, 0.2) is 84.9 Å². The van der Waals surface area contributed by atoms with Crippen molar-refractivity contribution in [1.82, 2.24) is 5.32 Å². The van der Waals surface area contributed by atoms with Crippen molar-refractivity contribution in [2.24, 2.45) is 5.92 Å². The van der Waals surface area contributed by atoms with E-state index in [9.17, 15) is 4.79 Å². The Morgan fingerprint density at radius 2 is 1.31 bits per heavy atom. The van der Waals surface area contributed by atoms with Gasteiger partial charge < -0.3 is 5.32 Å². The van der Waals surface area contributed by atoms with Crippen molar-refractivity contribution in [2.75, 3.05) is 6.54 Å².